The molecule has 0 aliphatic rings. The molecule has 0 spiro atoms. The summed E-state index contributed by atoms with van der Waals surface area (Å²) < 4.78 is 6.93. The fourth-order valence-corrected chi connectivity index (χ4v) is 1.35. The minimum Gasteiger partial charge on any atom is -0.463 e. The molecule has 94 valence electrons. The monoisotopic (exact) mass is 252 g/mol. The third-order valence-electron chi connectivity index (χ3n) is 2.14. The average molecular weight is 252 g/mol. The lowest BCUT2D eigenvalue weighted by atomic mass is 10.6. The first-order valence-electron chi connectivity index (χ1n) is 4.70. The molecule has 0 bridgehead atoms. The molecule has 2 rings (SSSR count). The van der Waals surface area contributed by atoms with Gasteiger partial charge < -0.3 is 14.9 Å². The SMILES string of the molecule is COC(=O)c1ncn(-c2c([N+](=O)[O-])ncn2C)n1. The van der Waals surface area contributed by atoms with Crippen LogP contribution < -0.4 is 0 Å². The second-order valence-electron chi connectivity index (χ2n) is 3.26. The number of carbonyl (C=O) groups is 1. The Morgan fingerprint density at radius 3 is 2.78 bits per heavy atom. The van der Waals surface area contributed by atoms with E-state index in [4.69, 9.17) is 0 Å². The summed E-state index contributed by atoms with van der Waals surface area (Å²) >= 11 is 0. The van der Waals surface area contributed by atoms with Crippen molar-refractivity contribution in [1.29, 1.82) is 0 Å². The second kappa shape index (κ2) is 4.24. The highest BCUT2D eigenvalue weighted by molar-refractivity contribution is 5.84. The summed E-state index contributed by atoms with van der Waals surface area (Å²) in [5.74, 6) is -1.19. The van der Waals surface area contributed by atoms with Crippen molar-refractivity contribution < 1.29 is 14.5 Å². The Morgan fingerprint density at radius 2 is 2.17 bits per heavy atom. The summed E-state index contributed by atoms with van der Waals surface area (Å²) in [4.78, 5) is 28.6. The van der Waals surface area contributed by atoms with E-state index < -0.39 is 10.9 Å². The van der Waals surface area contributed by atoms with Gasteiger partial charge in [0.2, 0.25) is 12.1 Å². The highest BCUT2D eigenvalue weighted by Gasteiger charge is 2.24. The van der Waals surface area contributed by atoms with E-state index in [9.17, 15) is 14.9 Å². The molecule has 10 heteroatoms. The van der Waals surface area contributed by atoms with Gasteiger partial charge >= 0.3 is 11.8 Å². The number of aryl methyl sites for hydroxylation is 1. The smallest absolute Gasteiger partial charge is 0.408 e. The van der Waals surface area contributed by atoms with Crippen molar-refractivity contribution >= 4 is 11.8 Å². The number of hydrogen-bond acceptors (Lipinski definition) is 7. The molecule has 0 amide bonds. The van der Waals surface area contributed by atoms with Gasteiger partial charge in [-0.25, -0.2) is 9.78 Å². The number of ether oxygens (including phenoxy) is 1. The van der Waals surface area contributed by atoms with Gasteiger partial charge in [0.05, 0.1) is 7.11 Å². The molecule has 0 radical (unpaired) electrons. The molecule has 0 aliphatic carbocycles. The molecule has 2 aromatic rings. The summed E-state index contributed by atoms with van der Waals surface area (Å²) in [6.45, 7) is 0. The van der Waals surface area contributed by atoms with E-state index in [0.29, 0.717) is 0 Å². The Hall–Kier alpha value is -2.78. The van der Waals surface area contributed by atoms with Gasteiger partial charge in [0.15, 0.2) is 0 Å². The van der Waals surface area contributed by atoms with E-state index in [0.717, 1.165) is 4.68 Å². The van der Waals surface area contributed by atoms with Crippen molar-refractivity contribution in [2.75, 3.05) is 7.11 Å². The fraction of sp³-hybridized carbons (Fsp3) is 0.250. The van der Waals surface area contributed by atoms with Gasteiger partial charge in [-0.3, -0.25) is 4.57 Å². The van der Waals surface area contributed by atoms with Gasteiger partial charge in [-0.05, 0) is 9.91 Å². The Kier molecular flexibility index (Phi) is 2.75. The van der Waals surface area contributed by atoms with E-state index >= 15 is 0 Å². The van der Waals surface area contributed by atoms with Gasteiger partial charge in [-0.2, -0.15) is 4.68 Å². The molecule has 0 N–H and O–H groups in total. The van der Waals surface area contributed by atoms with Crippen LogP contribution in [0.3, 0.4) is 0 Å². The van der Waals surface area contributed by atoms with Crippen LogP contribution in [0.4, 0.5) is 5.82 Å². The Bertz CT molecular complexity index is 615. The third-order valence-corrected chi connectivity index (χ3v) is 2.14. The number of esters is 1. The van der Waals surface area contributed by atoms with Crippen LogP contribution in [0.15, 0.2) is 12.7 Å². The fourth-order valence-electron chi connectivity index (χ4n) is 1.35. The maximum atomic E-state index is 11.2. The van der Waals surface area contributed by atoms with Crippen molar-refractivity contribution in [1.82, 2.24) is 24.3 Å². The van der Waals surface area contributed by atoms with Crippen LogP contribution in [0.25, 0.3) is 5.82 Å². The van der Waals surface area contributed by atoms with Crippen molar-refractivity contribution in [3.8, 4) is 5.82 Å². The molecule has 0 aliphatic heterocycles. The quantitative estimate of drug-likeness (QED) is 0.417. The zero-order chi connectivity index (χ0) is 13.3. The largest absolute Gasteiger partial charge is 0.463 e. The summed E-state index contributed by atoms with van der Waals surface area (Å²) in [6.07, 6.45) is 2.45. The molecule has 2 heterocycles. The van der Waals surface area contributed by atoms with Crippen LogP contribution in [0, 0.1) is 10.1 Å². The molecular formula is C8H8N6O4. The van der Waals surface area contributed by atoms with E-state index in [1.54, 1.807) is 7.05 Å². The number of aromatic nitrogens is 5. The summed E-state index contributed by atoms with van der Waals surface area (Å²) in [7, 11) is 2.75. The Morgan fingerprint density at radius 1 is 1.44 bits per heavy atom. The summed E-state index contributed by atoms with van der Waals surface area (Å²) in [6, 6.07) is 0. The van der Waals surface area contributed by atoms with Gasteiger partial charge in [0.25, 0.3) is 5.82 Å². The normalized spacial score (nSPS) is 10.3. The molecule has 18 heavy (non-hydrogen) atoms. The number of hydrogen-bond donors (Lipinski definition) is 0. The standard InChI is InChI=1S/C8H8N6O4/c1-12-3-10-6(14(16)17)7(12)13-4-9-5(11-13)8(15)18-2/h3-4H,1-2H3. The summed E-state index contributed by atoms with van der Waals surface area (Å²) in [5.41, 5.74) is 0. The van der Waals surface area contributed by atoms with Crippen LogP contribution in [-0.2, 0) is 11.8 Å². The molecule has 2 aromatic heterocycles. The molecular weight excluding hydrogens is 244 g/mol. The third kappa shape index (κ3) is 1.79. The van der Waals surface area contributed by atoms with E-state index in [1.807, 2.05) is 0 Å². The minimum atomic E-state index is -0.724. The first-order chi connectivity index (χ1) is 8.54. The lowest BCUT2D eigenvalue weighted by molar-refractivity contribution is -0.389. The first kappa shape index (κ1) is 11.7. The van der Waals surface area contributed by atoms with E-state index in [-0.39, 0.29) is 17.5 Å². The predicted octanol–water partition coefficient (Wildman–Crippen LogP) is -0.304. The Balaban J connectivity index is 2.49. The van der Waals surface area contributed by atoms with Crippen LogP contribution in [0.5, 0.6) is 0 Å². The lowest BCUT2D eigenvalue weighted by Crippen LogP contribution is -2.08. The van der Waals surface area contributed by atoms with Crippen LogP contribution >= 0.6 is 0 Å². The van der Waals surface area contributed by atoms with Gasteiger partial charge in [-0.15, -0.1) is 5.10 Å². The Labute approximate surface area is 100.0 Å². The van der Waals surface area contributed by atoms with Crippen molar-refractivity contribution in [2.45, 2.75) is 0 Å². The molecule has 0 fully saturated rings. The van der Waals surface area contributed by atoms with Gasteiger partial charge in [-0.1, -0.05) is 0 Å². The second-order valence-corrected chi connectivity index (χ2v) is 3.26. The highest BCUT2D eigenvalue weighted by atomic mass is 16.6. The first-order valence-corrected chi connectivity index (χ1v) is 4.70. The zero-order valence-electron chi connectivity index (χ0n) is 9.47. The minimum absolute atomic E-state index is 0.0997. The number of carbonyl (C=O) groups excluding carboxylic acids is 1. The molecule has 0 unspecified atom stereocenters. The topological polar surface area (TPSA) is 118 Å². The van der Waals surface area contributed by atoms with E-state index in [2.05, 4.69) is 19.8 Å². The van der Waals surface area contributed by atoms with Crippen LogP contribution in [0.1, 0.15) is 10.6 Å². The maximum absolute atomic E-state index is 11.2. The van der Waals surface area contributed by atoms with Crippen LogP contribution in [0.2, 0.25) is 0 Å². The van der Waals surface area contributed by atoms with Crippen LogP contribution in [-0.4, -0.2) is 42.3 Å². The molecule has 10 nitrogen and oxygen atoms in total. The maximum Gasteiger partial charge on any atom is 0.408 e. The molecule has 0 saturated heterocycles. The lowest BCUT2D eigenvalue weighted by Gasteiger charge is -1.99. The average Bonchev–Trinajstić information content (AvgIpc) is 2.93. The zero-order valence-corrected chi connectivity index (χ0v) is 9.47. The van der Waals surface area contributed by atoms with Gasteiger partial charge in [0.1, 0.15) is 6.33 Å². The van der Waals surface area contributed by atoms with E-state index in [1.165, 1.54) is 24.3 Å². The predicted molar refractivity (Wildman–Crippen MR) is 56.1 cm³/mol. The highest BCUT2D eigenvalue weighted by Crippen LogP contribution is 2.18. The molecule has 0 aromatic carbocycles. The van der Waals surface area contributed by atoms with Crippen molar-refractivity contribution in [3.05, 3.63) is 28.6 Å². The number of imidazole rings is 1. The summed E-state index contributed by atoms with van der Waals surface area (Å²) in [5, 5.41) is 14.6. The van der Waals surface area contributed by atoms with Crippen molar-refractivity contribution in [3.63, 3.8) is 0 Å². The number of rotatable bonds is 3. The number of nitrogens with zero attached hydrogens (tertiary/aromatic N) is 6. The molecule has 0 saturated carbocycles. The van der Waals surface area contributed by atoms with Gasteiger partial charge in [0, 0.05) is 7.05 Å². The number of methoxy groups -OCH3 is 1. The number of nitro groups is 1. The molecule has 0 atom stereocenters. The van der Waals surface area contributed by atoms with Crippen molar-refractivity contribution in [2.24, 2.45) is 7.05 Å².